The molecule has 7 nitrogen and oxygen atoms in total. The van der Waals surface area contributed by atoms with Crippen molar-refractivity contribution in [3.8, 4) is 0 Å². The molecule has 1 aliphatic rings. The number of para-hydroxylation sites is 1. The van der Waals surface area contributed by atoms with Gasteiger partial charge in [0.2, 0.25) is 5.91 Å². The van der Waals surface area contributed by atoms with Crippen molar-refractivity contribution in [3.63, 3.8) is 0 Å². The molecule has 0 radical (unpaired) electrons. The third-order valence-electron chi connectivity index (χ3n) is 6.84. The molecule has 2 aromatic rings. The third-order valence-corrected chi connectivity index (χ3v) is 7.20. The van der Waals surface area contributed by atoms with Crippen LogP contribution in [0.2, 0.25) is 0 Å². The SMILES string of the molecule is Cc1ccc(C)c(C(C(=O)Nc2c(C)cccc2C)N(C(=O)C(CS)NC(=O)OC(C)(C)C)C2CC2C)c1. The van der Waals surface area contributed by atoms with Crippen LogP contribution in [-0.2, 0) is 14.3 Å². The summed E-state index contributed by atoms with van der Waals surface area (Å²) in [5.74, 6) is -0.364. The lowest BCUT2D eigenvalue weighted by atomic mass is 9.95. The maximum Gasteiger partial charge on any atom is 0.408 e. The van der Waals surface area contributed by atoms with Gasteiger partial charge in [-0.2, -0.15) is 12.6 Å². The van der Waals surface area contributed by atoms with Crippen LogP contribution >= 0.6 is 12.6 Å². The first-order valence-corrected chi connectivity index (χ1v) is 13.7. The van der Waals surface area contributed by atoms with E-state index in [1.165, 1.54) is 0 Å². The second kappa shape index (κ2) is 11.8. The molecule has 0 aliphatic heterocycles. The largest absolute Gasteiger partial charge is 0.444 e. The van der Waals surface area contributed by atoms with Crippen molar-refractivity contribution in [2.24, 2.45) is 5.92 Å². The predicted octanol–water partition coefficient (Wildman–Crippen LogP) is 5.66. The van der Waals surface area contributed by atoms with Gasteiger partial charge in [0.15, 0.2) is 0 Å². The molecular weight excluding hydrogens is 498 g/mol. The molecule has 2 aromatic carbocycles. The van der Waals surface area contributed by atoms with Crippen molar-refractivity contribution < 1.29 is 19.1 Å². The third kappa shape index (κ3) is 7.10. The van der Waals surface area contributed by atoms with E-state index in [-0.39, 0.29) is 29.5 Å². The number of nitrogens with one attached hydrogen (secondary N) is 2. The molecular formula is C30H41N3O4S. The number of aryl methyl sites for hydroxylation is 4. The Morgan fingerprint density at radius 3 is 2.18 bits per heavy atom. The Balaban J connectivity index is 2.06. The van der Waals surface area contributed by atoms with Gasteiger partial charge in [-0.05, 0) is 83.1 Å². The number of ether oxygens (including phenoxy) is 1. The molecule has 0 spiro atoms. The zero-order valence-electron chi connectivity index (χ0n) is 23.7. The van der Waals surface area contributed by atoms with Gasteiger partial charge in [-0.15, -0.1) is 0 Å². The molecule has 2 N–H and O–H groups in total. The van der Waals surface area contributed by atoms with Gasteiger partial charge in [-0.1, -0.05) is 48.9 Å². The van der Waals surface area contributed by atoms with E-state index in [2.05, 4.69) is 30.2 Å². The smallest absolute Gasteiger partial charge is 0.408 e. The van der Waals surface area contributed by atoms with E-state index in [1.54, 1.807) is 25.7 Å². The van der Waals surface area contributed by atoms with Crippen molar-refractivity contribution in [1.29, 1.82) is 0 Å². The van der Waals surface area contributed by atoms with E-state index >= 15 is 0 Å². The molecule has 1 saturated carbocycles. The molecule has 3 amide bonds. The number of anilines is 1. The minimum Gasteiger partial charge on any atom is -0.444 e. The lowest BCUT2D eigenvalue weighted by Gasteiger charge is -2.35. The number of hydrogen-bond acceptors (Lipinski definition) is 5. The quantitative estimate of drug-likeness (QED) is 0.378. The fourth-order valence-electron chi connectivity index (χ4n) is 4.66. The molecule has 3 rings (SSSR count). The van der Waals surface area contributed by atoms with E-state index in [0.29, 0.717) is 0 Å². The van der Waals surface area contributed by atoms with Crippen LogP contribution in [-0.4, -0.2) is 46.2 Å². The Morgan fingerprint density at radius 2 is 1.66 bits per heavy atom. The molecule has 4 atom stereocenters. The second-order valence-electron chi connectivity index (χ2n) is 11.4. The normalized spacial score (nSPS) is 18.2. The average molecular weight is 540 g/mol. The fourth-order valence-corrected chi connectivity index (χ4v) is 4.91. The van der Waals surface area contributed by atoms with Gasteiger partial charge >= 0.3 is 6.09 Å². The van der Waals surface area contributed by atoms with Crippen molar-refractivity contribution >= 4 is 36.2 Å². The summed E-state index contributed by atoms with van der Waals surface area (Å²) < 4.78 is 5.40. The first kappa shape index (κ1) is 29.6. The van der Waals surface area contributed by atoms with Crippen molar-refractivity contribution in [2.75, 3.05) is 11.1 Å². The molecule has 0 aromatic heterocycles. The summed E-state index contributed by atoms with van der Waals surface area (Å²) >= 11 is 4.38. The first-order valence-electron chi connectivity index (χ1n) is 13.1. The average Bonchev–Trinajstić information content (AvgIpc) is 3.54. The summed E-state index contributed by atoms with van der Waals surface area (Å²) in [4.78, 5) is 42.5. The molecule has 0 heterocycles. The van der Waals surface area contributed by atoms with Gasteiger partial charge in [0.1, 0.15) is 17.7 Å². The van der Waals surface area contributed by atoms with Crippen LogP contribution in [0.15, 0.2) is 36.4 Å². The zero-order chi connectivity index (χ0) is 28.4. The van der Waals surface area contributed by atoms with Gasteiger partial charge in [0, 0.05) is 17.5 Å². The number of thiol groups is 1. The molecule has 206 valence electrons. The van der Waals surface area contributed by atoms with Crippen LogP contribution in [0.1, 0.15) is 68.0 Å². The van der Waals surface area contributed by atoms with E-state index in [4.69, 9.17) is 4.74 Å². The monoisotopic (exact) mass is 539 g/mol. The highest BCUT2D eigenvalue weighted by molar-refractivity contribution is 7.80. The number of carbonyl (C=O) groups is 3. The van der Waals surface area contributed by atoms with Gasteiger partial charge in [-0.25, -0.2) is 4.79 Å². The van der Waals surface area contributed by atoms with Gasteiger partial charge < -0.3 is 20.3 Å². The summed E-state index contributed by atoms with van der Waals surface area (Å²) in [6.07, 6.45) is 0.0761. The Bertz CT molecular complexity index is 1190. The van der Waals surface area contributed by atoms with Crippen molar-refractivity contribution in [3.05, 3.63) is 64.2 Å². The Labute approximate surface area is 232 Å². The summed E-state index contributed by atoms with van der Waals surface area (Å²) in [6, 6.07) is 9.79. The molecule has 0 bridgehead atoms. The van der Waals surface area contributed by atoms with Crippen LogP contribution in [0.3, 0.4) is 0 Å². The molecule has 4 unspecified atom stereocenters. The minimum absolute atomic E-state index is 0.0632. The van der Waals surface area contributed by atoms with Crippen molar-refractivity contribution in [2.45, 2.75) is 85.5 Å². The second-order valence-corrected chi connectivity index (χ2v) is 11.8. The predicted molar refractivity (Wildman–Crippen MR) is 155 cm³/mol. The van der Waals surface area contributed by atoms with Crippen LogP contribution in [0.5, 0.6) is 0 Å². The molecule has 8 heteroatoms. The Hall–Kier alpha value is -3.00. The molecule has 1 aliphatic carbocycles. The maximum absolute atomic E-state index is 14.2. The highest BCUT2D eigenvalue weighted by atomic mass is 32.1. The molecule has 1 fully saturated rings. The van der Waals surface area contributed by atoms with Crippen molar-refractivity contribution in [1.82, 2.24) is 10.2 Å². The highest BCUT2D eigenvalue weighted by Crippen LogP contribution is 2.42. The number of amides is 3. The minimum atomic E-state index is -0.957. The van der Waals surface area contributed by atoms with Crippen LogP contribution in [0, 0.1) is 33.6 Å². The standard InChI is InChI=1S/C30H41N3O4S/c1-17-12-13-18(2)22(14-17)26(27(34)32-25-19(3)10-9-11-20(25)4)33(24-15-21(24)5)28(35)23(16-38)31-29(36)37-30(6,7)8/h9-14,21,23-24,26,38H,15-16H2,1-8H3,(H,31,36)(H,32,34). The van der Waals surface area contributed by atoms with E-state index < -0.39 is 23.8 Å². The topological polar surface area (TPSA) is 87.7 Å². The fraction of sp³-hybridized carbons (Fsp3) is 0.500. The number of nitrogens with zero attached hydrogens (tertiary/aromatic N) is 1. The number of hydrogen-bond donors (Lipinski definition) is 3. The maximum atomic E-state index is 14.2. The van der Waals surface area contributed by atoms with E-state index in [0.717, 1.165) is 39.9 Å². The summed E-state index contributed by atoms with van der Waals surface area (Å²) in [7, 11) is 0. The van der Waals surface area contributed by atoms with Crippen LogP contribution in [0.25, 0.3) is 0 Å². The lowest BCUT2D eigenvalue weighted by molar-refractivity contribution is -0.141. The van der Waals surface area contributed by atoms with Crippen LogP contribution in [0.4, 0.5) is 10.5 Å². The zero-order valence-corrected chi connectivity index (χ0v) is 24.6. The first-order chi connectivity index (χ1) is 17.7. The van der Waals surface area contributed by atoms with Gasteiger partial charge in [-0.3, -0.25) is 9.59 Å². The number of alkyl carbamates (subject to hydrolysis) is 1. The summed E-state index contributed by atoms with van der Waals surface area (Å²) in [5.41, 5.74) is 4.56. The Morgan fingerprint density at radius 1 is 1.05 bits per heavy atom. The molecule has 38 heavy (non-hydrogen) atoms. The van der Waals surface area contributed by atoms with Gasteiger partial charge in [0.25, 0.3) is 5.91 Å². The lowest BCUT2D eigenvalue weighted by Crippen LogP contribution is -2.54. The van der Waals surface area contributed by atoms with Gasteiger partial charge in [0.05, 0.1) is 0 Å². The number of rotatable bonds is 8. The van der Waals surface area contributed by atoms with Crippen LogP contribution < -0.4 is 10.6 Å². The summed E-state index contributed by atoms with van der Waals surface area (Å²) in [5, 5.41) is 5.80. The van der Waals surface area contributed by atoms with E-state index in [1.807, 2.05) is 64.1 Å². The highest BCUT2D eigenvalue weighted by Gasteiger charge is 2.48. The summed E-state index contributed by atoms with van der Waals surface area (Å²) in [6.45, 7) is 15.2. The number of benzene rings is 2. The molecule has 0 saturated heterocycles. The Kier molecular flexibility index (Phi) is 9.18. The van der Waals surface area contributed by atoms with E-state index in [9.17, 15) is 14.4 Å². The number of carbonyl (C=O) groups excluding carboxylic acids is 3.